The van der Waals surface area contributed by atoms with Crippen LogP contribution in [0.1, 0.15) is 142 Å². The Morgan fingerprint density at radius 1 is 0.384 bits per heavy atom. The molecule has 99 heavy (non-hydrogen) atoms. The van der Waals surface area contributed by atoms with E-state index in [2.05, 4.69) is 51.1 Å². The van der Waals surface area contributed by atoms with Crippen LogP contribution in [0.2, 0.25) is 11.1 Å². The molecule has 20 nitrogen and oxygen atoms in total. The zero-order valence-electron chi connectivity index (χ0n) is 59.3. The van der Waals surface area contributed by atoms with Crippen LogP contribution in [0.15, 0.2) is 182 Å². The monoisotopic (exact) mass is 1370 g/mol. The summed E-state index contributed by atoms with van der Waals surface area (Å²) in [5.74, 6) is -5.86. The van der Waals surface area contributed by atoms with E-state index in [1.165, 1.54) is 0 Å². The van der Waals surface area contributed by atoms with Crippen LogP contribution in [0, 0.1) is 0 Å². The fraction of sp³-hybridized carbons (Fsp3) is 0.423. The topological polar surface area (TPSA) is 275 Å². The molecule has 7 amide bonds. The zero-order valence-corrected chi connectivity index (χ0v) is 60.3. The SMILES string of the molecule is CC(C)[Si](OC(=O)N[C@@H](Cc1ccccc1)C(=O)N[C@@H](CCCCNC(=O)OC(C)(C)C)C(=O)N[C@@H](CC(=O)OC(C)(C)C)C(=O)N[C@@H](Cc1ccccc1)C(=O)N[C@@H](Cc1ccccc1)C(=O)N[C@@H](Cc1ccccc1)C(=O)OCc1ccccc1)(C(C)C)C(C)(C)c1ccccc1. The van der Waals surface area contributed by atoms with Gasteiger partial charge in [0.2, 0.25) is 29.5 Å². The number of rotatable bonds is 34. The third-order valence-corrected chi connectivity index (χ3v) is 23.1. The van der Waals surface area contributed by atoms with E-state index in [0.29, 0.717) is 23.1 Å². The Bertz CT molecular complexity index is 3560. The molecule has 0 aromatic heterocycles. The molecule has 6 atom stereocenters. The predicted octanol–water partition coefficient (Wildman–Crippen LogP) is 10.9. The van der Waals surface area contributed by atoms with E-state index in [-0.39, 0.29) is 62.8 Å². The van der Waals surface area contributed by atoms with Crippen molar-refractivity contribution in [2.45, 2.75) is 205 Å². The van der Waals surface area contributed by atoms with E-state index in [0.717, 1.165) is 16.7 Å². The molecule has 0 aliphatic carbocycles. The van der Waals surface area contributed by atoms with Gasteiger partial charge in [-0.15, -0.1) is 0 Å². The maximum absolute atomic E-state index is 15.2. The summed E-state index contributed by atoms with van der Waals surface area (Å²) in [4.78, 5) is 131. The number of ether oxygens (including phenoxy) is 3. The molecule has 0 aliphatic rings. The highest BCUT2D eigenvalue weighted by Gasteiger charge is 2.58. The third-order valence-electron chi connectivity index (χ3n) is 16.9. The molecule has 0 bridgehead atoms. The van der Waals surface area contributed by atoms with Crippen LogP contribution in [-0.4, -0.2) is 116 Å². The number of hydrogen-bond donors (Lipinski definition) is 7. The molecule has 0 saturated carbocycles. The zero-order chi connectivity index (χ0) is 72.3. The van der Waals surface area contributed by atoms with Gasteiger partial charge < -0.3 is 55.9 Å². The number of unbranched alkanes of at least 4 members (excludes halogenated alkanes) is 1. The Morgan fingerprint density at radius 3 is 1.14 bits per heavy atom. The van der Waals surface area contributed by atoms with Gasteiger partial charge in [0.25, 0.3) is 8.32 Å². The van der Waals surface area contributed by atoms with Gasteiger partial charge in [-0.05, 0) is 105 Å². The summed E-state index contributed by atoms with van der Waals surface area (Å²) < 4.78 is 23.7. The van der Waals surface area contributed by atoms with Crippen molar-refractivity contribution >= 4 is 62.0 Å². The van der Waals surface area contributed by atoms with Crippen LogP contribution in [0.3, 0.4) is 0 Å². The van der Waals surface area contributed by atoms with E-state index < -0.39 is 121 Å². The molecule has 0 unspecified atom stereocenters. The van der Waals surface area contributed by atoms with Crippen LogP contribution in [-0.2, 0) is 89.5 Å². The molecular formula is C78H101N7O13Si. The third kappa shape index (κ3) is 25.3. The van der Waals surface area contributed by atoms with E-state index in [4.69, 9.17) is 18.6 Å². The number of esters is 2. The molecule has 0 heterocycles. The predicted molar refractivity (Wildman–Crippen MR) is 384 cm³/mol. The largest absolute Gasteiger partial charge is 0.502 e. The second-order valence-electron chi connectivity index (χ2n) is 28.1. The van der Waals surface area contributed by atoms with Gasteiger partial charge in [-0.1, -0.05) is 224 Å². The summed E-state index contributed by atoms with van der Waals surface area (Å²) in [6, 6.07) is 46.1. The minimum Gasteiger partial charge on any atom is -0.502 e. The van der Waals surface area contributed by atoms with Crippen molar-refractivity contribution in [3.05, 3.63) is 215 Å². The summed E-state index contributed by atoms with van der Waals surface area (Å²) in [5.41, 5.74) is 2.35. The summed E-state index contributed by atoms with van der Waals surface area (Å²) in [5, 5.41) is 19.1. The van der Waals surface area contributed by atoms with Crippen molar-refractivity contribution in [1.29, 1.82) is 0 Å². The average Bonchev–Trinajstić information content (AvgIpc) is 0.744. The van der Waals surface area contributed by atoms with Crippen molar-refractivity contribution < 1.29 is 61.8 Å². The Kier molecular flexibility index (Phi) is 29.6. The fourth-order valence-electron chi connectivity index (χ4n) is 12.3. The highest BCUT2D eigenvalue weighted by atomic mass is 28.4. The molecule has 6 aromatic rings. The van der Waals surface area contributed by atoms with Crippen molar-refractivity contribution in [3.63, 3.8) is 0 Å². The first-order valence-corrected chi connectivity index (χ1v) is 36.1. The number of carbonyl (C=O) groups excluding carboxylic acids is 9. The minimum absolute atomic E-state index is 0.0338. The maximum atomic E-state index is 15.2. The van der Waals surface area contributed by atoms with Crippen LogP contribution < -0.4 is 37.2 Å². The van der Waals surface area contributed by atoms with Crippen molar-refractivity contribution in [1.82, 2.24) is 37.2 Å². The molecule has 0 fully saturated rings. The molecule has 0 spiro atoms. The van der Waals surface area contributed by atoms with Gasteiger partial charge in [0, 0.05) is 37.3 Å². The van der Waals surface area contributed by atoms with Gasteiger partial charge in [-0.3, -0.25) is 28.8 Å². The molecule has 6 aromatic carbocycles. The molecular weight excluding hydrogens is 1270 g/mol. The van der Waals surface area contributed by atoms with Crippen LogP contribution in [0.25, 0.3) is 0 Å². The molecule has 6 rings (SSSR count). The molecule has 530 valence electrons. The van der Waals surface area contributed by atoms with Gasteiger partial charge in [0.1, 0.15) is 54.1 Å². The maximum Gasteiger partial charge on any atom is 0.407 e. The van der Waals surface area contributed by atoms with Crippen LogP contribution in [0.5, 0.6) is 0 Å². The highest BCUT2D eigenvalue weighted by Crippen LogP contribution is 2.48. The first-order valence-electron chi connectivity index (χ1n) is 34.0. The minimum atomic E-state index is -3.22. The van der Waals surface area contributed by atoms with Crippen molar-refractivity contribution in [2.24, 2.45) is 0 Å². The lowest BCUT2D eigenvalue weighted by molar-refractivity contribution is -0.156. The Labute approximate surface area is 584 Å². The fourth-order valence-corrected chi connectivity index (χ4v) is 18.2. The summed E-state index contributed by atoms with van der Waals surface area (Å²) in [7, 11) is -3.22. The first kappa shape index (κ1) is 78.4. The summed E-state index contributed by atoms with van der Waals surface area (Å²) in [6.07, 6.45) is -2.01. The highest BCUT2D eigenvalue weighted by molar-refractivity contribution is 6.80. The van der Waals surface area contributed by atoms with Gasteiger partial charge in [-0.2, -0.15) is 0 Å². The van der Waals surface area contributed by atoms with Crippen LogP contribution in [0.4, 0.5) is 9.59 Å². The van der Waals surface area contributed by atoms with E-state index in [1.54, 1.807) is 139 Å². The van der Waals surface area contributed by atoms with Crippen LogP contribution >= 0.6 is 0 Å². The molecule has 0 saturated heterocycles. The standard InChI is InChI=1S/C78H101N7O13Si/c1-53(2)99(54(3)4,78(11,12)60-43-29-18-30-44-60)98-75(94)85-64(49-57-37-23-15-24-38-57)71(90)80-61(45-31-32-46-79-74(93)97-77(8,9)10)68(87)83-65(51-67(86)96-76(5,6)7)72(91)82-62(47-55-33-19-13-20-34-55)69(88)81-63(48-56-35-21-14-22-36-56)70(89)84-66(50-58-39-25-16-26-40-58)73(92)95-52-59-41-27-17-28-42-59/h13-30,33-44,53-54,61-66H,31-32,45-52H2,1-12H3,(H,79,93)(H,80,90)(H,81,88)(H,82,91)(H,83,87)(H,84,89)(H,85,94)/t61-,62-,63-,64-,65-,66-/m0/s1. The second kappa shape index (κ2) is 37.4. The van der Waals surface area contributed by atoms with Gasteiger partial charge in [-0.25, -0.2) is 14.4 Å². The molecule has 21 heteroatoms. The molecule has 0 radical (unpaired) electrons. The van der Waals surface area contributed by atoms with Gasteiger partial charge >= 0.3 is 24.1 Å². The van der Waals surface area contributed by atoms with Crippen molar-refractivity contribution in [2.75, 3.05) is 6.54 Å². The Hall–Kier alpha value is -9.63. The quantitative estimate of drug-likeness (QED) is 0.00858. The first-order chi connectivity index (χ1) is 46.9. The second-order valence-corrected chi connectivity index (χ2v) is 33.4. The lowest BCUT2D eigenvalue weighted by atomic mass is 10.0. The number of benzene rings is 6. The lowest BCUT2D eigenvalue weighted by Gasteiger charge is -2.49. The van der Waals surface area contributed by atoms with Gasteiger partial charge in [0.15, 0.2) is 0 Å². The van der Waals surface area contributed by atoms with E-state index in [1.807, 2.05) is 113 Å². The summed E-state index contributed by atoms with van der Waals surface area (Å²) >= 11 is 0. The number of alkyl carbamates (subject to hydrolysis) is 1. The average molecular weight is 1370 g/mol. The van der Waals surface area contributed by atoms with E-state index in [9.17, 15) is 24.0 Å². The number of hydrogen-bond acceptors (Lipinski definition) is 13. The number of nitrogens with one attached hydrogen (secondary N) is 7. The number of carbonyl (C=O) groups is 9. The summed E-state index contributed by atoms with van der Waals surface area (Å²) in [6.45, 7) is 22.5. The molecule has 0 aliphatic heterocycles. The van der Waals surface area contributed by atoms with Gasteiger partial charge in [0.05, 0.1) is 6.42 Å². The normalized spacial score (nSPS) is 13.6. The van der Waals surface area contributed by atoms with Crippen molar-refractivity contribution in [3.8, 4) is 0 Å². The van der Waals surface area contributed by atoms with E-state index >= 15 is 19.2 Å². The Balaban J connectivity index is 1.34. The Morgan fingerprint density at radius 2 is 0.727 bits per heavy atom. The smallest absolute Gasteiger partial charge is 0.407 e. The number of amides is 7. The lowest BCUT2D eigenvalue weighted by Crippen LogP contribution is -2.63. The molecule has 7 N–H and O–H groups in total.